The van der Waals surface area contributed by atoms with E-state index in [1.54, 1.807) is 0 Å². The van der Waals surface area contributed by atoms with Gasteiger partial charge in [0.1, 0.15) is 67.1 Å². The summed E-state index contributed by atoms with van der Waals surface area (Å²) in [5.41, 5.74) is -1.29. The van der Waals surface area contributed by atoms with Gasteiger partial charge in [0.25, 0.3) is 0 Å². The third kappa shape index (κ3) is 8.78. The molecule has 10 N–H and O–H groups in total. The van der Waals surface area contributed by atoms with Gasteiger partial charge in [-0.15, -0.1) is 0 Å². The summed E-state index contributed by atoms with van der Waals surface area (Å²) in [6.07, 6.45) is -15.5. The van der Waals surface area contributed by atoms with Crippen molar-refractivity contribution in [3.63, 3.8) is 0 Å². The summed E-state index contributed by atoms with van der Waals surface area (Å²) in [5.74, 6) is 0.0622. The summed E-state index contributed by atoms with van der Waals surface area (Å²) in [7, 11) is 0. The Labute approximate surface area is 392 Å². The molecule has 8 rings (SSSR count). The number of esters is 1. The molecule has 0 amide bonds. The molecule has 384 valence electrons. The van der Waals surface area contributed by atoms with Crippen LogP contribution in [0.1, 0.15) is 107 Å². The van der Waals surface area contributed by atoms with Gasteiger partial charge in [-0.1, -0.05) is 39.3 Å². The maximum absolute atomic E-state index is 13.4. The summed E-state index contributed by atoms with van der Waals surface area (Å²) in [6, 6.07) is 0. The maximum atomic E-state index is 13.4. The van der Waals surface area contributed by atoms with E-state index >= 15 is 0 Å². The van der Waals surface area contributed by atoms with Crippen LogP contribution in [0.3, 0.4) is 0 Å². The maximum Gasteiger partial charge on any atom is 0.306 e. The summed E-state index contributed by atoms with van der Waals surface area (Å²) in [6.45, 7) is 15.5. The predicted molar refractivity (Wildman–Crippen MR) is 232 cm³/mol. The Bertz CT molecular complexity index is 1800. The first-order chi connectivity index (χ1) is 31.4. The van der Waals surface area contributed by atoms with Crippen molar-refractivity contribution in [1.82, 2.24) is 0 Å². The van der Waals surface area contributed by atoms with E-state index in [1.807, 2.05) is 26.8 Å². The molecule has 0 aromatic carbocycles. The van der Waals surface area contributed by atoms with Crippen LogP contribution in [0.15, 0.2) is 11.6 Å². The Hall–Kier alpha value is -1.47. The van der Waals surface area contributed by atoms with E-state index in [1.165, 1.54) is 6.92 Å². The van der Waals surface area contributed by atoms with Crippen LogP contribution in [-0.4, -0.2) is 193 Å². The molecule has 0 radical (unpaired) electrons. The number of rotatable bonds is 12. The minimum atomic E-state index is -1.69. The highest BCUT2D eigenvalue weighted by molar-refractivity contribution is 5.73. The van der Waals surface area contributed by atoms with E-state index < -0.39 is 134 Å². The van der Waals surface area contributed by atoms with E-state index in [2.05, 4.69) is 27.7 Å². The summed E-state index contributed by atoms with van der Waals surface area (Å²) in [5, 5.41) is 105. The molecule has 3 aliphatic carbocycles. The first-order valence-electron chi connectivity index (χ1n) is 24.4. The summed E-state index contributed by atoms with van der Waals surface area (Å²) >= 11 is 0. The number of aliphatic hydroxyl groups excluding tert-OH is 10. The predicted octanol–water partition coefficient (Wildman–Crippen LogP) is -0.0757. The largest absolute Gasteiger partial charge is 0.465 e. The average molecular weight is 959 g/mol. The van der Waals surface area contributed by atoms with Crippen LogP contribution in [0.5, 0.6) is 0 Å². The van der Waals surface area contributed by atoms with Gasteiger partial charge in [-0.05, 0) is 100 Å². The summed E-state index contributed by atoms with van der Waals surface area (Å²) < 4.78 is 49.4. The van der Waals surface area contributed by atoms with Gasteiger partial charge in [0.15, 0.2) is 18.9 Å². The molecule has 0 aromatic heterocycles. The minimum Gasteiger partial charge on any atom is -0.465 e. The first kappa shape index (κ1) is 51.9. The van der Waals surface area contributed by atoms with E-state index in [0.717, 1.165) is 37.7 Å². The van der Waals surface area contributed by atoms with Crippen molar-refractivity contribution in [3.8, 4) is 0 Å². The molecule has 5 aliphatic heterocycles. The SMILES string of the molecule is CC(C)=CC(CC1(C)OC1C1CCC2C3(C)CCC(OC4OC(CO)C(O)C(O)C4OC4OC(C)C(O)C(O)C4O)C(C)(C)C3CCC2(C)C12COC(=O)C2)OC1OC(CO)C(O)C(O)C1O. The molecule has 19 nitrogen and oxygen atoms in total. The van der Waals surface area contributed by atoms with Crippen molar-refractivity contribution < 1.29 is 93.8 Å². The van der Waals surface area contributed by atoms with Crippen LogP contribution in [0, 0.1) is 39.4 Å². The molecule has 5 saturated heterocycles. The van der Waals surface area contributed by atoms with Gasteiger partial charge >= 0.3 is 5.97 Å². The highest BCUT2D eigenvalue weighted by Crippen LogP contribution is 2.75. The number of epoxide rings is 1. The third-order valence-corrected chi connectivity index (χ3v) is 18.4. The molecule has 25 unspecified atom stereocenters. The van der Waals surface area contributed by atoms with E-state index in [9.17, 15) is 55.9 Å². The van der Waals surface area contributed by atoms with Crippen LogP contribution in [-0.2, 0) is 42.7 Å². The lowest BCUT2D eigenvalue weighted by Gasteiger charge is -2.70. The van der Waals surface area contributed by atoms with Gasteiger partial charge in [-0.2, -0.15) is 0 Å². The van der Waals surface area contributed by atoms with E-state index in [-0.39, 0.29) is 53.7 Å². The zero-order valence-electron chi connectivity index (χ0n) is 40.1. The Morgan fingerprint density at radius 1 is 0.716 bits per heavy atom. The third-order valence-electron chi connectivity index (χ3n) is 18.4. The zero-order chi connectivity index (χ0) is 48.9. The van der Waals surface area contributed by atoms with Gasteiger partial charge in [0.2, 0.25) is 0 Å². The van der Waals surface area contributed by atoms with Crippen molar-refractivity contribution in [2.24, 2.45) is 39.4 Å². The molecule has 8 aliphatic rings. The Morgan fingerprint density at radius 2 is 1.34 bits per heavy atom. The number of hydrogen-bond donors (Lipinski definition) is 10. The normalized spacial score (nSPS) is 53.3. The molecule has 3 saturated carbocycles. The van der Waals surface area contributed by atoms with Gasteiger partial charge < -0.3 is 89.0 Å². The molecule has 8 fully saturated rings. The number of fused-ring (bicyclic) bond motifs is 4. The molecular weight excluding hydrogens is 881 g/mol. The Kier molecular flexibility index (Phi) is 14.6. The lowest BCUT2D eigenvalue weighted by molar-refractivity contribution is -0.376. The average Bonchev–Trinajstić information content (AvgIpc) is 3.75. The fourth-order valence-corrected chi connectivity index (χ4v) is 14.6. The van der Waals surface area contributed by atoms with Crippen LogP contribution in [0.2, 0.25) is 0 Å². The highest BCUT2D eigenvalue weighted by Gasteiger charge is 2.74. The fourth-order valence-electron chi connectivity index (χ4n) is 14.6. The number of carbonyl (C=O) groups excluding carboxylic acids is 1. The van der Waals surface area contributed by atoms with Crippen molar-refractivity contribution >= 4 is 5.97 Å². The molecule has 25 atom stereocenters. The van der Waals surface area contributed by atoms with E-state index in [4.69, 9.17) is 37.9 Å². The molecule has 0 aromatic rings. The summed E-state index contributed by atoms with van der Waals surface area (Å²) in [4.78, 5) is 13.4. The van der Waals surface area contributed by atoms with Crippen LogP contribution >= 0.6 is 0 Å². The second-order valence-corrected chi connectivity index (χ2v) is 22.9. The number of hydrogen-bond acceptors (Lipinski definition) is 19. The molecule has 67 heavy (non-hydrogen) atoms. The van der Waals surface area contributed by atoms with Crippen LogP contribution < -0.4 is 0 Å². The van der Waals surface area contributed by atoms with Crippen molar-refractivity contribution in [2.75, 3.05) is 19.8 Å². The Morgan fingerprint density at radius 3 is 1.97 bits per heavy atom. The van der Waals surface area contributed by atoms with Crippen LogP contribution in [0.25, 0.3) is 0 Å². The highest BCUT2D eigenvalue weighted by atomic mass is 16.8. The van der Waals surface area contributed by atoms with Gasteiger partial charge in [0, 0.05) is 11.8 Å². The van der Waals surface area contributed by atoms with Gasteiger partial charge in [-0.3, -0.25) is 4.79 Å². The van der Waals surface area contributed by atoms with Crippen molar-refractivity contribution in [3.05, 3.63) is 11.6 Å². The number of cyclic esters (lactones) is 1. The number of carbonyl (C=O) groups is 1. The second kappa shape index (κ2) is 18.9. The smallest absolute Gasteiger partial charge is 0.306 e. The zero-order valence-corrected chi connectivity index (χ0v) is 40.1. The molecule has 0 bridgehead atoms. The topological polar surface area (TPSA) is 297 Å². The second-order valence-electron chi connectivity index (χ2n) is 22.9. The fraction of sp³-hybridized carbons (Fsp3) is 0.938. The van der Waals surface area contributed by atoms with Crippen molar-refractivity contribution in [2.45, 2.75) is 223 Å². The number of allylic oxidation sites excluding steroid dienone is 1. The molecule has 5 heterocycles. The van der Waals surface area contributed by atoms with E-state index in [0.29, 0.717) is 12.8 Å². The monoisotopic (exact) mass is 959 g/mol. The number of ether oxygens (including phenoxy) is 8. The lowest BCUT2D eigenvalue weighted by atomic mass is 9.34. The first-order valence-corrected chi connectivity index (χ1v) is 24.4. The standard InChI is InChI=1S/C48H78O19/c1-21(2)15-23(62-42-38(59)35(56)32(53)25(18-49)63-42)16-47(8)40(67-47)24-9-10-28-45(6)13-12-29(44(4,5)27(45)11-14-46(28,7)48(24)17-30(51)60-20-48)65-43-39(36(57)33(54)26(19-50)64-43)66-41-37(58)34(55)31(52)22(3)61-41/h15,22-29,31-43,49-50,52-59H,9-14,16-20H2,1-8H3. The Balaban J connectivity index is 1.00. The molecular formula is C48H78O19. The van der Waals surface area contributed by atoms with Gasteiger partial charge in [0.05, 0.1) is 56.3 Å². The number of aliphatic hydroxyl groups is 10. The molecule has 1 spiro atoms. The van der Waals surface area contributed by atoms with Crippen LogP contribution in [0.4, 0.5) is 0 Å². The lowest BCUT2D eigenvalue weighted by Crippen LogP contribution is -2.67. The molecule has 19 heteroatoms. The van der Waals surface area contributed by atoms with Crippen molar-refractivity contribution in [1.29, 1.82) is 0 Å². The quantitative estimate of drug-likeness (QED) is 0.0530. The minimum absolute atomic E-state index is 0.0293. The van der Waals surface area contributed by atoms with Gasteiger partial charge in [-0.25, -0.2) is 0 Å².